The summed E-state index contributed by atoms with van der Waals surface area (Å²) in [6.45, 7) is 11.7. The number of aliphatic hydroxyl groups excluding tert-OH is 1. The summed E-state index contributed by atoms with van der Waals surface area (Å²) in [5.74, 6) is 0. The molecule has 15 heavy (non-hydrogen) atoms. The van der Waals surface area contributed by atoms with Gasteiger partial charge in [-0.05, 0) is 31.0 Å². The second-order valence-corrected chi connectivity index (χ2v) is 10.6. The zero-order valence-electron chi connectivity index (χ0n) is 10.5. The van der Waals surface area contributed by atoms with Crippen LogP contribution in [0.25, 0.3) is 0 Å². The van der Waals surface area contributed by atoms with E-state index in [-0.39, 0.29) is 11.1 Å². The molecule has 4 heteroatoms. The lowest BCUT2D eigenvalue weighted by atomic mass is 10.1. The van der Waals surface area contributed by atoms with Crippen LogP contribution in [-0.2, 0) is 9.16 Å². The van der Waals surface area contributed by atoms with Gasteiger partial charge in [0.15, 0.2) is 14.6 Å². The van der Waals surface area contributed by atoms with Crippen LogP contribution < -0.4 is 0 Å². The van der Waals surface area contributed by atoms with Gasteiger partial charge in [0.25, 0.3) is 0 Å². The largest absolute Gasteiger partial charge is 0.409 e. The van der Waals surface area contributed by atoms with Crippen LogP contribution in [-0.4, -0.2) is 32.4 Å². The van der Waals surface area contributed by atoms with Gasteiger partial charge in [-0.25, -0.2) is 0 Å². The molecule has 1 aliphatic rings. The average molecular weight is 232 g/mol. The molecule has 0 aromatic rings. The Hall–Kier alpha value is 0.0969. The molecule has 1 heterocycles. The van der Waals surface area contributed by atoms with E-state index < -0.39 is 14.6 Å². The van der Waals surface area contributed by atoms with E-state index in [1.807, 2.05) is 0 Å². The van der Waals surface area contributed by atoms with E-state index >= 15 is 0 Å². The highest BCUT2D eigenvalue weighted by atomic mass is 28.4. The molecule has 1 saturated heterocycles. The quantitative estimate of drug-likeness (QED) is 0.744. The minimum absolute atomic E-state index is 0.125. The third-order valence-corrected chi connectivity index (χ3v) is 8.00. The highest BCUT2D eigenvalue weighted by Crippen LogP contribution is 2.38. The van der Waals surface area contributed by atoms with Gasteiger partial charge in [-0.15, -0.1) is 0 Å². The van der Waals surface area contributed by atoms with Crippen LogP contribution in [0.1, 0.15) is 33.6 Å². The maximum Gasteiger partial charge on any atom is 0.192 e. The molecule has 0 saturated carbocycles. The topological polar surface area (TPSA) is 38.7 Å². The van der Waals surface area contributed by atoms with E-state index in [2.05, 4.69) is 33.9 Å². The summed E-state index contributed by atoms with van der Waals surface area (Å²) >= 11 is 0. The molecule has 3 nitrogen and oxygen atoms in total. The molecule has 0 amide bonds. The molecule has 0 spiro atoms. The van der Waals surface area contributed by atoms with Gasteiger partial charge >= 0.3 is 0 Å². The van der Waals surface area contributed by atoms with Gasteiger partial charge in [0.1, 0.15) is 0 Å². The average Bonchev–Trinajstić information content (AvgIpc) is 2.06. The van der Waals surface area contributed by atoms with E-state index in [4.69, 9.17) is 9.16 Å². The molecule has 0 aliphatic carbocycles. The van der Waals surface area contributed by atoms with Crippen molar-refractivity contribution in [3.63, 3.8) is 0 Å². The molecule has 0 bridgehead atoms. The van der Waals surface area contributed by atoms with Crippen molar-refractivity contribution in [2.45, 2.75) is 64.1 Å². The third kappa shape index (κ3) is 3.28. The maximum atomic E-state index is 9.67. The number of ether oxygens (including phenoxy) is 1. The Balaban J connectivity index is 2.59. The minimum Gasteiger partial charge on any atom is -0.409 e. The lowest BCUT2D eigenvalue weighted by Gasteiger charge is -2.41. The smallest absolute Gasteiger partial charge is 0.192 e. The monoisotopic (exact) mass is 232 g/mol. The molecule has 0 radical (unpaired) electrons. The molecule has 2 atom stereocenters. The summed E-state index contributed by atoms with van der Waals surface area (Å²) in [7, 11) is -1.77. The fourth-order valence-corrected chi connectivity index (χ4v) is 2.76. The van der Waals surface area contributed by atoms with E-state index in [0.717, 1.165) is 12.8 Å². The zero-order chi connectivity index (χ0) is 11.7. The van der Waals surface area contributed by atoms with Crippen molar-refractivity contribution >= 4 is 8.32 Å². The summed E-state index contributed by atoms with van der Waals surface area (Å²) in [5.41, 5.74) is 0. The van der Waals surface area contributed by atoms with E-state index in [1.165, 1.54) is 0 Å². The Labute approximate surface area is 93.9 Å². The molecular weight excluding hydrogens is 208 g/mol. The van der Waals surface area contributed by atoms with Crippen LogP contribution in [0.4, 0.5) is 0 Å². The first-order valence-corrected chi connectivity index (χ1v) is 8.62. The molecule has 0 aromatic carbocycles. The van der Waals surface area contributed by atoms with Crippen LogP contribution in [0.5, 0.6) is 0 Å². The van der Waals surface area contributed by atoms with Crippen LogP contribution in [0.15, 0.2) is 0 Å². The zero-order valence-corrected chi connectivity index (χ0v) is 11.5. The Kier molecular flexibility index (Phi) is 3.98. The summed E-state index contributed by atoms with van der Waals surface area (Å²) < 4.78 is 11.3. The van der Waals surface area contributed by atoms with E-state index in [0.29, 0.717) is 6.61 Å². The first kappa shape index (κ1) is 13.2. The molecule has 1 aliphatic heterocycles. The standard InChI is InChI=1S/C11H24O3Si/c1-11(2,3)15(4,5)14-9-7-6-8-13-10(9)12/h9-10,12H,6-8H2,1-5H3. The predicted molar refractivity (Wildman–Crippen MR) is 63.3 cm³/mol. The normalized spacial score (nSPS) is 29.2. The van der Waals surface area contributed by atoms with Gasteiger partial charge in [-0.2, -0.15) is 0 Å². The van der Waals surface area contributed by atoms with Gasteiger partial charge in [0.2, 0.25) is 0 Å². The van der Waals surface area contributed by atoms with Crippen molar-refractivity contribution in [3.05, 3.63) is 0 Å². The number of hydrogen-bond acceptors (Lipinski definition) is 3. The number of rotatable bonds is 2. The summed E-state index contributed by atoms with van der Waals surface area (Å²) in [5, 5.41) is 9.86. The highest BCUT2D eigenvalue weighted by Gasteiger charge is 2.41. The lowest BCUT2D eigenvalue weighted by molar-refractivity contribution is -0.180. The van der Waals surface area contributed by atoms with Gasteiger partial charge in [0, 0.05) is 6.61 Å². The van der Waals surface area contributed by atoms with Crippen molar-refractivity contribution in [1.29, 1.82) is 0 Å². The fraction of sp³-hybridized carbons (Fsp3) is 1.00. The van der Waals surface area contributed by atoms with Crippen LogP contribution in [0.3, 0.4) is 0 Å². The van der Waals surface area contributed by atoms with Crippen LogP contribution >= 0.6 is 0 Å². The summed E-state index contributed by atoms with van der Waals surface area (Å²) in [6, 6.07) is 0. The van der Waals surface area contributed by atoms with Crippen molar-refractivity contribution in [1.82, 2.24) is 0 Å². The minimum atomic E-state index is -1.77. The van der Waals surface area contributed by atoms with Gasteiger partial charge < -0.3 is 14.3 Å². The lowest BCUT2D eigenvalue weighted by Crippen LogP contribution is -2.48. The Morgan fingerprint density at radius 1 is 1.33 bits per heavy atom. The first-order chi connectivity index (χ1) is 6.74. The summed E-state index contributed by atoms with van der Waals surface area (Å²) in [6.07, 6.45) is 1.04. The van der Waals surface area contributed by atoms with Gasteiger partial charge in [-0.3, -0.25) is 0 Å². The molecule has 1 N–H and O–H groups in total. The molecule has 90 valence electrons. The van der Waals surface area contributed by atoms with Crippen molar-refractivity contribution in [2.24, 2.45) is 0 Å². The van der Waals surface area contributed by atoms with E-state index in [9.17, 15) is 5.11 Å². The second kappa shape index (κ2) is 4.53. The van der Waals surface area contributed by atoms with Crippen molar-refractivity contribution in [3.8, 4) is 0 Å². The molecule has 2 unspecified atom stereocenters. The number of aliphatic hydroxyl groups is 1. The fourth-order valence-electron chi connectivity index (χ4n) is 1.41. The molecule has 1 fully saturated rings. The highest BCUT2D eigenvalue weighted by molar-refractivity contribution is 6.74. The molecule has 0 aromatic heterocycles. The van der Waals surface area contributed by atoms with Crippen LogP contribution in [0, 0.1) is 0 Å². The first-order valence-electron chi connectivity index (χ1n) is 5.71. The Bertz CT molecular complexity index is 210. The second-order valence-electron chi connectivity index (χ2n) is 5.82. The Morgan fingerprint density at radius 2 is 1.93 bits per heavy atom. The maximum absolute atomic E-state index is 9.67. The predicted octanol–water partition coefficient (Wildman–Crippen LogP) is 2.51. The summed E-state index contributed by atoms with van der Waals surface area (Å²) in [4.78, 5) is 0. The van der Waals surface area contributed by atoms with E-state index in [1.54, 1.807) is 0 Å². The van der Waals surface area contributed by atoms with Crippen LogP contribution in [0.2, 0.25) is 18.1 Å². The third-order valence-electron chi connectivity index (χ3n) is 3.49. The Morgan fingerprint density at radius 3 is 2.40 bits per heavy atom. The van der Waals surface area contributed by atoms with Gasteiger partial charge in [0.05, 0.1) is 6.10 Å². The SMILES string of the molecule is CC(C)(C)[Si](C)(C)OC1CCCOC1O. The van der Waals surface area contributed by atoms with Crippen molar-refractivity contribution < 1.29 is 14.3 Å². The van der Waals surface area contributed by atoms with Gasteiger partial charge in [-0.1, -0.05) is 20.8 Å². The molecule has 1 rings (SSSR count). The van der Waals surface area contributed by atoms with Crippen molar-refractivity contribution in [2.75, 3.05) is 6.61 Å². The molecular formula is C11H24O3Si. The number of hydrogen-bond donors (Lipinski definition) is 1.